The van der Waals surface area contributed by atoms with Crippen LogP contribution in [0.15, 0.2) is 52.1 Å². The van der Waals surface area contributed by atoms with Crippen LogP contribution in [0.2, 0.25) is 5.02 Å². The van der Waals surface area contributed by atoms with Gasteiger partial charge in [0.15, 0.2) is 0 Å². The molecular formula is C21H19ClFN3O3. The number of nitrogens with one attached hydrogen (secondary N) is 1. The third-order valence-corrected chi connectivity index (χ3v) is 5.37. The third-order valence-electron chi connectivity index (χ3n) is 5.08. The van der Waals surface area contributed by atoms with Crippen LogP contribution in [0.3, 0.4) is 0 Å². The lowest BCUT2D eigenvalue weighted by Crippen LogP contribution is -2.44. The van der Waals surface area contributed by atoms with Crippen molar-refractivity contribution in [2.75, 3.05) is 0 Å². The average Bonchev–Trinajstić information content (AvgIpc) is 3.51. The van der Waals surface area contributed by atoms with Gasteiger partial charge >= 0.3 is 5.69 Å². The predicted molar refractivity (Wildman–Crippen MR) is 109 cm³/mol. The van der Waals surface area contributed by atoms with Crippen molar-refractivity contribution < 1.29 is 9.18 Å². The molecule has 1 fully saturated rings. The third kappa shape index (κ3) is 3.46. The van der Waals surface area contributed by atoms with Crippen molar-refractivity contribution >= 4 is 28.4 Å². The Bertz CT molecular complexity index is 1230. The Morgan fingerprint density at radius 3 is 2.62 bits per heavy atom. The van der Waals surface area contributed by atoms with Crippen LogP contribution in [-0.2, 0) is 4.79 Å². The van der Waals surface area contributed by atoms with Crippen LogP contribution in [0, 0.1) is 5.82 Å². The van der Waals surface area contributed by atoms with Gasteiger partial charge in [0.2, 0.25) is 5.91 Å². The highest BCUT2D eigenvalue weighted by atomic mass is 35.5. The second-order valence-corrected chi connectivity index (χ2v) is 7.52. The van der Waals surface area contributed by atoms with Crippen molar-refractivity contribution in [2.45, 2.75) is 38.3 Å². The van der Waals surface area contributed by atoms with Crippen LogP contribution in [0.25, 0.3) is 16.6 Å². The number of nitrogens with zero attached hydrogens (tertiary/aromatic N) is 2. The van der Waals surface area contributed by atoms with Crippen LogP contribution >= 0.6 is 11.6 Å². The minimum atomic E-state index is -0.782. The molecule has 0 unspecified atom stereocenters. The smallest absolute Gasteiger partial charge is 0.336 e. The molecule has 0 aliphatic heterocycles. The van der Waals surface area contributed by atoms with Crippen LogP contribution in [-0.4, -0.2) is 21.1 Å². The van der Waals surface area contributed by atoms with E-state index in [1.807, 2.05) is 6.92 Å². The summed E-state index contributed by atoms with van der Waals surface area (Å²) < 4.78 is 15.9. The molecule has 2 aromatic carbocycles. The molecule has 6 nitrogen and oxygen atoms in total. The minimum absolute atomic E-state index is 0.139. The maximum atomic E-state index is 13.6. The second kappa shape index (κ2) is 7.48. The van der Waals surface area contributed by atoms with E-state index in [0.29, 0.717) is 11.9 Å². The van der Waals surface area contributed by atoms with Crippen molar-refractivity contribution in [2.24, 2.45) is 0 Å². The number of amides is 1. The molecule has 0 saturated heterocycles. The van der Waals surface area contributed by atoms with E-state index in [-0.39, 0.29) is 28.0 Å². The first-order chi connectivity index (χ1) is 13.9. The molecule has 1 aliphatic rings. The highest BCUT2D eigenvalue weighted by molar-refractivity contribution is 6.30. The van der Waals surface area contributed by atoms with E-state index in [9.17, 15) is 18.8 Å². The molecule has 0 bridgehead atoms. The Balaban J connectivity index is 2.00. The van der Waals surface area contributed by atoms with E-state index in [0.717, 1.165) is 23.5 Å². The summed E-state index contributed by atoms with van der Waals surface area (Å²) in [5.41, 5.74) is -0.704. The zero-order chi connectivity index (χ0) is 20.7. The first kappa shape index (κ1) is 19.4. The number of benzene rings is 2. The number of fused-ring (bicyclic) bond motifs is 1. The lowest BCUT2D eigenvalue weighted by atomic mass is 10.1. The number of rotatable bonds is 5. The number of hydrogen-bond donors (Lipinski definition) is 1. The maximum Gasteiger partial charge on any atom is 0.336 e. The Hall–Kier alpha value is -2.93. The molecule has 4 rings (SSSR count). The monoisotopic (exact) mass is 415 g/mol. The van der Waals surface area contributed by atoms with E-state index in [2.05, 4.69) is 5.32 Å². The fourth-order valence-electron chi connectivity index (χ4n) is 3.45. The zero-order valence-electron chi connectivity index (χ0n) is 15.7. The first-order valence-electron chi connectivity index (χ1n) is 9.44. The summed E-state index contributed by atoms with van der Waals surface area (Å²) >= 11 is 5.87. The first-order valence-corrected chi connectivity index (χ1v) is 9.82. The van der Waals surface area contributed by atoms with Gasteiger partial charge in [-0.25, -0.2) is 13.8 Å². The second-order valence-electron chi connectivity index (χ2n) is 7.12. The Kier molecular flexibility index (Phi) is 5.00. The van der Waals surface area contributed by atoms with E-state index in [1.165, 1.54) is 16.7 Å². The largest absolute Gasteiger partial charge is 0.352 e. The number of para-hydroxylation sites is 1. The molecule has 1 atom stereocenters. The summed E-state index contributed by atoms with van der Waals surface area (Å²) in [4.78, 5) is 39.3. The molecule has 1 heterocycles. The van der Waals surface area contributed by atoms with E-state index < -0.39 is 23.1 Å². The molecule has 1 aliphatic carbocycles. The Morgan fingerprint density at radius 1 is 1.24 bits per heavy atom. The SMILES string of the molecule is CC[C@H](C(=O)NC1CC1)n1c(=O)n(-c2ccc(F)c(Cl)c2)c(=O)c2ccccc21. The fraction of sp³-hybridized carbons (Fsp3) is 0.286. The van der Waals surface area contributed by atoms with Crippen molar-refractivity contribution in [3.63, 3.8) is 0 Å². The fourth-order valence-corrected chi connectivity index (χ4v) is 3.62. The molecule has 1 N–H and O–H groups in total. The predicted octanol–water partition coefficient (Wildman–Crippen LogP) is 3.17. The highest BCUT2D eigenvalue weighted by Gasteiger charge is 2.30. The van der Waals surface area contributed by atoms with Gasteiger partial charge in [0.05, 0.1) is 21.6 Å². The summed E-state index contributed by atoms with van der Waals surface area (Å²) in [6.45, 7) is 1.81. The topological polar surface area (TPSA) is 73.1 Å². The van der Waals surface area contributed by atoms with Gasteiger partial charge in [-0.15, -0.1) is 0 Å². The standard InChI is InChI=1S/C21H19ClFN3O3/c1-2-17(19(27)24-12-7-8-12)26-18-6-4-3-5-14(18)20(28)25(21(26)29)13-9-10-16(23)15(22)11-13/h3-6,9-12,17H,2,7-8H2,1H3,(H,24,27)/t17-/m1/s1. The molecule has 29 heavy (non-hydrogen) atoms. The molecule has 1 aromatic heterocycles. The van der Waals surface area contributed by atoms with Gasteiger partial charge in [-0.1, -0.05) is 30.7 Å². The van der Waals surface area contributed by atoms with Crippen LogP contribution < -0.4 is 16.6 Å². The lowest BCUT2D eigenvalue weighted by Gasteiger charge is -2.21. The summed E-state index contributed by atoms with van der Waals surface area (Å²) in [6, 6.07) is 9.64. The van der Waals surface area contributed by atoms with Gasteiger partial charge in [-0.3, -0.25) is 14.2 Å². The molecular weight excluding hydrogens is 397 g/mol. The van der Waals surface area contributed by atoms with Crippen molar-refractivity contribution in [3.05, 3.63) is 74.1 Å². The molecule has 1 saturated carbocycles. The van der Waals surface area contributed by atoms with Crippen LogP contribution in [0.4, 0.5) is 4.39 Å². The Labute approximate surface area is 170 Å². The molecule has 150 valence electrons. The van der Waals surface area contributed by atoms with E-state index in [1.54, 1.807) is 24.3 Å². The van der Waals surface area contributed by atoms with Crippen LogP contribution in [0.1, 0.15) is 32.2 Å². The van der Waals surface area contributed by atoms with E-state index in [4.69, 9.17) is 11.6 Å². The number of halogens is 2. The lowest BCUT2D eigenvalue weighted by molar-refractivity contribution is -0.124. The Morgan fingerprint density at radius 2 is 1.97 bits per heavy atom. The van der Waals surface area contributed by atoms with Crippen LogP contribution in [0.5, 0.6) is 0 Å². The maximum absolute atomic E-state index is 13.6. The zero-order valence-corrected chi connectivity index (χ0v) is 16.4. The average molecular weight is 416 g/mol. The molecule has 0 radical (unpaired) electrons. The highest BCUT2D eigenvalue weighted by Crippen LogP contribution is 2.23. The van der Waals surface area contributed by atoms with E-state index >= 15 is 0 Å². The van der Waals surface area contributed by atoms with Crippen molar-refractivity contribution in [3.8, 4) is 5.69 Å². The molecule has 3 aromatic rings. The number of aromatic nitrogens is 2. The molecule has 8 heteroatoms. The summed E-state index contributed by atoms with van der Waals surface area (Å²) in [5.74, 6) is -0.913. The minimum Gasteiger partial charge on any atom is -0.352 e. The van der Waals surface area contributed by atoms with Gasteiger partial charge in [0.1, 0.15) is 11.9 Å². The van der Waals surface area contributed by atoms with Gasteiger partial charge in [0.25, 0.3) is 5.56 Å². The van der Waals surface area contributed by atoms with Gasteiger partial charge in [-0.05, 0) is 49.6 Å². The summed E-state index contributed by atoms with van der Waals surface area (Å²) in [5, 5.41) is 3.01. The number of hydrogen-bond acceptors (Lipinski definition) is 3. The normalized spacial score (nSPS) is 14.7. The summed E-state index contributed by atoms with van der Waals surface area (Å²) in [6.07, 6.45) is 2.21. The quantitative estimate of drug-likeness (QED) is 0.695. The van der Waals surface area contributed by atoms with Gasteiger partial charge in [-0.2, -0.15) is 0 Å². The van der Waals surface area contributed by atoms with Crippen molar-refractivity contribution in [1.82, 2.24) is 14.5 Å². The summed E-state index contributed by atoms with van der Waals surface area (Å²) in [7, 11) is 0. The molecule has 1 amide bonds. The van der Waals surface area contributed by atoms with Gasteiger partial charge < -0.3 is 5.32 Å². The van der Waals surface area contributed by atoms with Crippen molar-refractivity contribution in [1.29, 1.82) is 0 Å². The van der Waals surface area contributed by atoms with Gasteiger partial charge in [0, 0.05) is 6.04 Å². The number of carbonyl (C=O) groups excluding carboxylic acids is 1. The molecule has 0 spiro atoms. The number of carbonyl (C=O) groups is 1.